The second-order valence-corrected chi connectivity index (χ2v) is 7.94. The lowest BCUT2D eigenvalue weighted by Gasteiger charge is -2.10. The van der Waals surface area contributed by atoms with Crippen molar-refractivity contribution in [3.05, 3.63) is 82.4 Å². The van der Waals surface area contributed by atoms with Gasteiger partial charge in [-0.2, -0.15) is 4.98 Å². The molecule has 2 N–H and O–H groups in total. The smallest absolute Gasteiger partial charge is 0.258 e. The SMILES string of the molecule is Cc1cc(OCc2ccc(-c3nc(-c4ccc(OCC(N)=O)cc4)no3)cc2)cc(C)c1Cl. The van der Waals surface area contributed by atoms with Crippen molar-refractivity contribution in [2.75, 3.05) is 6.61 Å². The molecule has 0 unspecified atom stereocenters. The minimum atomic E-state index is -0.533. The van der Waals surface area contributed by atoms with Crippen LogP contribution in [0.1, 0.15) is 16.7 Å². The molecule has 0 bridgehead atoms. The molecule has 7 nitrogen and oxygen atoms in total. The van der Waals surface area contributed by atoms with E-state index in [0.29, 0.717) is 24.1 Å². The molecule has 0 aliphatic carbocycles. The highest BCUT2D eigenvalue weighted by Gasteiger charge is 2.11. The first kappa shape index (κ1) is 22.4. The number of hydrogen-bond acceptors (Lipinski definition) is 6. The fraction of sp³-hybridized carbons (Fsp3) is 0.160. The molecule has 4 rings (SSSR count). The van der Waals surface area contributed by atoms with E-state index in [4.69, 9.17) is 31.3 Å². The van der Waals surface area contributed by atoms with Crippen LogP contribution in [0.15, 0.2) is 65.2 Å². The van der Waals surface area contributed by atoms with Crippen LogP contribution in [0.4, 0.5) is 0 Å². The zero-order valence-electron chi connectivity index (χ0n) is 18.2. The molecular weight excluding hydrogens is 442 g/mol. The number of benzene rings is 3. The number of halogens is 1. The Balaban J connectivity index is 1.40. The lowest BCUT2D eigenvalue weighted by molar-refractivity contribution is -0.119. The maximum absolute atomic E-state index is 10.8. The molecule has 8 heteroatoms. The summed E-state index contributed by atoms with van der Waals surface area (Å²) < 4.78 is 16.6. The predicted octanol–water partition coefficient (Wildman–Crippen LogP) is 5.12. The van der Waals surface area contributed by atoms with Gasteiger partial charge in [0.2, 0.25) is 5.82 Å². The van der Waals surface area contributed by atoms with Crippen molar-refractivity contribution >= 4 is 17.5 Å². The minimum Gasteiger partial charge on any atom is -0.489 e. The number of amides is 1. The van der Waals surface area contributed by atoms with Gasteiger partial charge in [-0.15, -0.1) is 0 Å². The van der Waals surface area contributed by atoms with Crippen molar-refractivity contribution < 1.29 is 18.8 Å². The van der Waals surface area contributed by atoms with Crippen LogP contribution in [-0.2, 0) is 11.4 Å². The molecule has 0 saturated carbocycles. The third kappa shape index (κ3) is 5.51. The average Bonchev–Trinajstić information content (AvgIpc) is 3.31. The van der Waals surface area contributed by atoms with E-state index in [1.807, 2.05) is 50.2 Å². The summed E-state index contributed by atoms with van der Waals surface area (Å²) in [5.41, 5.74) is 9.63. The number of nitrogens with zero attached hydrogens (tertiary/aromatic N) is 2. The van der Waals surface area contributed by atoms with E-state index in [0.717, 1.165) is 38.6 Å². The summed E-state index contributed by atoms with van der Waals surface area (Å²) in [6, 6.07) is 18.6. The molecule has 0 fully saturated rings. The Bertz CT molecular complexity index is 1240. The van der Waals surface area contributed by atoms with Gasteiger partial charge in [-0.3, -0.25) is 4.79 Å². The Morgan fingerprint density at radius 3 is 2.21 bits per heavy atom. The summed E-state index contributed by atoms with van der Waals surface area (Å²) in [6.07, 6.45) is 0. The third-order valence-electron chi connectivity index (χ3n) is 4.94. The topological polar surface area (TPSA) is 100 Å². The van der Waals surface area contributed by atoms with Gasteiger partial charge in [-0.05, 0) is 79.1 Å². The first-order valence-electron chi connectivity index (χ1n) is 10.2. The Hall–Kier alpha value is -3.84. The maximum Gasteiger partial charge on any atom is 0.258 e. The van der Waals surface area contributed by atoms with E-state index in [9.17, 15) is 4.79 Å². The van der Waals surface area contributed by atoms with E-state index in [1.54, 1.807) is 24.3 Å². The quantitative estimate of drug-likeness (QED) is 0.389. The number of hydrogen-bond donors (Lipinski definition) is 1. The van der Waals surface area contributed by atoms with Crippen LogP contribution in [0.3, 0.4) is 0 Å². The molecule has 4 aromatic rings. The average molecular weight is 464 g/mol. The summed E-state index contributed by atoms with van der Waals surface area (Å²) >= 11 is 6.22. The van der Waals surface area contributed by atoms with Gasteiger partial charge in [0.25, 0.3) is 11.8 Å². The molecule has 0 saturated heterocycles. The molecule has 1 aromatic heterocycles. The highest BCUT2D eigenvalue weighted by Crippen LogP contribution is 2.27. The number of aromatic nitrogens is 2. The van der Waals surface area contributed by atoms with E-state index < -0.39 is 5.91 Å². The standard InChI is InChI=1S/C25H22ClN3O4/c1-15-11-21(12-16(2)23(15)26)31-13-17-3-5-19(6-4-17)25-28-24(29-33-25)18-7-9-20(10-8-18)32-14-22(27)30/h3-12H,13-14H2,1-2H3,(H2,27,30). The molecule has 1 heterocycles. The van der Waals surface area contributed by atoms with Gasteiger partial charge in [0.1, 0.15) is 18.1 Å². The molecule has 33 heavy (non-hydrogen) atoms. The van der Waals surface area contributed by atoms with E-state index in [1.165, 1.54) is 0 Å². The number of carbonyl (C=O) groups is 1. The Morgan fingerprint density at radius 2 is 1.58 bits per heavy atom. The Labute approximate surface area is 196 Å². The van der Waals surface area contributed by atoms with E-state index in [2.05, 4.69) is 10.1 Å². The van der Waals surface area contributed by atoms with Crippen molar-refractivity contribution in [2.45, 2.75) is 20.5 Å². The molecule has 1 amide bonds. The number of carbonyl (C=O) groups excluding carboxylic acids is 1. The van der Waals surface area contributed by atoms with Gasteiger partial charge < -0.3 is 19.7 Å². The largest absolute Gasteiger partial charge is 0.489 e. The highest BCUT2D eigenvalue weighted by atomic mass is 35.5. The number of primary amides is 1. The fourth-order valence-corrected chi connectivity index (χ4v) is 3.32. The molecule has 0 radical (unpaired) electrons. The van der Waals surface area contributed by atoms with Crippen LogP contribution in [0.5, 0.6) is 11.5 Å². The van der Waals surface area contributed by atoms with Crippen molar-refractivity contribution in [3.8, 4) is 34.3 Å². The summed E-state index contributed by atoms with van der Waals surface area (Å²) in [5, 5.41) is 4.81. The van der Waals surface area contributed by atoms with Crippen molar-refractivity contribution in [1.82, 2.24) is 10.1 Å². The van der Waals surface area contributed by atoms with E-state index in [-0.39, 0.29) is 6.61 Å². The van der Waals surface area contributed by atoms with Crippen LogP contribution in [0.2, 0.25) is 5.02 Å². The second kappa shape index (κ2) is 9.75. The number of nitrogens with two attached hydrogens (primary N) is 1. The molecule has 0 spiro atoms. The Kier molecular flexibility index (Phi) is 6.60. The lowest BCUT2D eigenvalue weighted by Crippen LogP contribution is -2.19. The van der Waals surface area contributed by atoms with Gasteiger partial charge in [0.15, 0.2) is 6.61 Å². The van der Waals surface area contributed by atoms with Gasteiger partial charge in [-0.1, -0.05) is 28.9 Å². The van der Waals surface area contributed by atoms with Gasteiger partial charge >= 0.3 is 0 Å². The molecule has 0 atom stereocenters. The van der Waals surface area contributed by atoms with Crippen molar-refractivity contribution in [1.29, 1.82) is 0 Å². The van der Waals surface area contributed by atoms with E-state index >= 15 is 0 Å². The normalized spacial score (nSPS) is 10.8. The monoisotopic (exact) mass is 463 g/mol. The second-order valence-electron chi connectivity index (χ2n) is 7.56. The van der Waals surface area contributed by atoms with Crippen LogP contribution in [-0.4, -0.2) is 22.7 Å². The molecular formula is C25H22ClN3O4. The van der Waals surface area contributed by atoms with Gasteiger partial charge in [0.05, 0.1) is 0 Å². The van der Waals surface area contributed by atoms with Crippen LogP contribution < -0.4 is 15.2 Å². The Morgan fingerprint density at radius 1 is 0.939 bits per heavy atom. The number of rotatable bonds is 8. The number of aryl methyl sites for hydroxylation is 2. The maximum atomic E-state index is 10.8. The lowest BCUT2D eigenvalue weighted by atomic mass is 10.1. The highest BCUT2D eigenvalue weighted by molar-refractivity contribution is 6.32. The molecule has 168 valence electrons. The first-order valence-corrected chi connectivity index (χ1v) is 10.6. The van der Waals surface area contributed by atoms with Crippen LogP contribution in [0, 0.1) is 13.8 Å². The zero-order valence-corrected chi connectivity index (χ0v) is 18.9. The number of ether oxygens (including phenoxy) is 2. The van der Waals surface area contributed by atoms with Crippen LogP contribution >= 0.6 is 11.6 Å². The van der Waals surface area contributed by atoms with Gasteiger partial charge in [-0.25, -0.2) is 0 Å². The first-order chi connectivity index (χ1) is 15.9. The van der Waals surface area contributed by atoms with Crippen molar-refractivity contribution in [2.24, 2.45) is 5.73 Å². The summed E-state index contributed by atoms with van der Waals surface area (Å²) in [5.74, 6) is 1.64. The summed E-state index contributed by atoms with van der Waals surface area (Å²) in [6.45, 7) is 4.18. The predicted molar refractivity (Wildman–Crippen MR) is 125 cm³/mol. The van der Waals surface area contributed by atoms with Gasteiger partial charge in [0, 0.05) is 16.1 Å². The molecule has 3 aromatic carbocycles. The summed E-state index contributed by atoms with van der Waals surface area (Å²) in [7, 11) is 0. The summed E-state index contributed by atoms with van der Waals surface area (Å²) in [4.78, 5) is 15.3. The zero-order chi connectivity index (χ0) is 23.4. The van der Waals surface area contributed by atoms with Crippen LogP contribution in [0.25, 0.3) is 22.8 Å². The molecule has 0 aliphatic heterocycles. The van der Waals surface area contributed by atoms with Crippen molar-refractivity contribution in [3.63, 3.8) is 0 Å². The fourth-order valence-electron chi connectivity index (χ4n) is 3.21. The molecule has 0 aliphatic rings. The minimum absolute atomic E-state index is 0.175. The third-order valence-corrected chi connectivity index (χ3v) is 5.53.